The lowest BCUT2D eigenvalue weighted by molar-refractivity contribution is 1.02. The first-order valence-corrected chi connectivity index (χ1v) is 24.7. The van der Waals surface area contributed by atoms with Crippen molar-refractivity contribution < 1.29 is 0 Å². The minimum absolute atomic E-state index is 0.348. The van der Waals surface area contributed by atoms with E-state index in [0.29, 0.717) is 61.8 Å². The number of fused-ring (bicyclic) bond motifs is 12. The van der Waals surface area contributed by atoms with Gasteiger partial charge in [-0.15, -0.1) is 0 Å². The normalized spacial score (nSPS) is 11.5. The molecule has 0 radical (unpaired) electrons. The van der Waals surface area contributed by atoms with Crippen molar-refractivity contribution in [2.45, 2.75) is 13.8 Å². The van der Waals surface area contributed by atoms with Gasteiger partial charge in [-0.2, -0.15) is 26.3 Å². The maximum absolute atomic E-state index is 12.6. The molecule has 0 spiro atoms. The lowest BCUT2D eigenvalue weighted by Crippen LogP contribution is -2.17. The summed E-state index contributed by atoms with van der Waals surface area (Å²) in [4.78, 5) is 5.13. The van der Waals surface area contributed by atoms with Crippen molar-refractivity contribution in [3.8, 4) is 64.2 Å². The van der Waals surface area contributed by atoms with Gasteiger partial charge in [-0.25, -0.2) is 0 Å². The van der Waals surface area contributed by atoms with Crippen molar-refractivity contribution >= 4 is 87.2 Å². The summed E-state index contributed by atoms with van der Waals surface area (Å²) in [5, 5.41) is 61.3. The molecule has 0 saturated heterocycles. The first-order valence-electron chi connectivity index (χ1n) is 24.7. The van der Waals surface area contributed by atoms with Gasteiger partial charge in [0.05, 0.1) is 119 Å². The summed E-state index contributed by atoms with van der Waals surface area (Å²) < 4.78 is 8.98. The Kier molecular flexibility index (Phi) is 9.40. The Balaban J connectivity index is 1.38. The van der Waals surface area contributed by atoms with Crippen LogP contribution in [0.15, 0.2) is 182 Å². The lowest BCUT2D eigenvalue weighted by atomic mass is 9.91. The van der Waals surface area contributed by atoms with Gasteiger partial charge in [0, 0.05) is 65.6 Å². The van der Waals surface area contributed by atoms with Crippen LogP contribution in [0.5, 0.6) is 0 Å². The van der Waals surface area contributed by atoms with Crippen LogP contribution in [-0.4, -0.2) is 23.3 Å². The topological polar surface area (TPSA) is 152 Å². The van der Waals surface area contributed by atoms with Gasteiger partial charge in [0.25, 0.3) is 0 Å². The third kappa shape index (κ3) is 6.00. The van der Waals surface area contributed by atoms with Gasteiger partial charge < -0.3 is 18.3 Å². The Hall–Kier alpha value is -11.2. The molecule has 5 heterocycles. The van der Waals surface area contributed by atoms with Gasteiger partial charge in [0.2, 0.25) is 0 Å². The van der Waals surface area contributed by atoms with Crippen molar-refractivity contribution in [1.29, 1.82) is 26.3 Å². The van der Waals surface area contributed by atoms with E-state index in [0.717, 1.165) is 98.5 Å². The number of nitriles is 5. The molecule has 14 aromatic rings. The smallest absolute Gasteiger partial charge is 0.102 e. The van der Waals surface area contributed by atoms with Crippen molar-refractivity contribution in [3.05, 3.63) is 221 Å². The summed E-state index contributed by atoms with van der Waals surface area (Å²) in [6, 6.07) is 72.2. The SMILES string of the molecule is Cc1ccc(-c2c(C#N)c(-n3c4ccccc4c4cc(C#N)ccc43)c(-n3c4ccccc4c4cc(C#N)ccc43)c(-n3c4ccccc4c4cc(C#N)ccc43)c2-n2c3ccccc3c3cc(C#N)ccc32)c(C)n1. The van der Waals surface area contributed by atoms with Crippen LogP contribution in [0.3, 0.4) is 0 Å². The van der Waals surface area contributed by atoms with Gasteiger partial charge >= 0.3 is 0 Å². The minimum Gasteiger partial charge on any atom is -0.306 e. The molecule has 0 aliphatic rings. The van der Waals surface area contributed by atoms with Crippen molar-refractivity contribution in [2.75, 3.05) is 0 Å². The summed E-state index contributed by atoms with van der Waals surface area (Å²) in [5.41, 5.74) is 14.3. The molecule has 76 heavy (non-hydrogen) atoms. The highest BCUT2D eigenvalue weighted by atomic mass is 15.1. The standard InChI is InChI=1S/C66H36N10/c1-38-19-24-44(39(2)72-38)62-53(37-71)63(73-54-15-7-3-11-45(54)49-29-40(33-67)20-25-58(49)73)65(75-56-17-9-5-13-47(56)51-31-42(35-69)22-27-60(51)75)66(76-57-18-10-6-14-48(57)52-32-43(36-70)23-28-61(52)76)64(62)74-55-16-8-4-12-46(55)50-30-41(34-68)21-26-59(50)74/h3-32H,1-2H3. The molecule has 5 aromatic heterocycles. The highest BCUT2D eigenvalue weighted by Crippen LogP contribution is 2.52. The van der Waals surface area contributed by atoms with Gasteiger partial charge in [0.15, 0.2) is 0 Å². The molecule has 0 unspecified atom stereocenters. The van der Waals surface area contributed by atoms with E-state index >= 15 is 0 Å². The number of hydrogen-bond donors (Lipinski definition) is 0. The molecule has 10 heteroatoms. The third-order valence-corrected chi connectivity index (χ3v) is 15.1. The maximum atomic E-state index is 12.6. The molecule has 0 N–H and O–H groups in total. The van der Waals surface area contributed by atoms with Gasteiger partial charge in [0.1, 0.15) is 6.07 Å². The molecule has 0 amide bonds. The zero-order chi connectivity index (χ0) is 51.5. The average molecular weight is 969 g/mol. The Labute approximate surface area is 434 Å². The number of para-hydroxylation sites is 4. The molecular formula is C66H36N10. The predicted octanol–water partition coefficient (Wildman–Crippen LogP) is 15.1. The second-order valence-electron chi connectivity index (χ2n) is 19.1. The second kappa shape index (κ2) is 16.4. The Morgan fingerprint density at radius 1 is 0.316 bits per heavy atom. The number of hydrogen-bond acceptors (Lipinski definition) is 6. The zero-order valence-corrected chi connectivity index (χ0v) is 40.8. The second-order valence-corrected chi connectivity index (χ2v) is 19.1. The minimum atomic E-state index is 0.348. The number of pyridine rings is 1. The average Bonchev–Trinajstić information content (AvgIpc) is 4.33. The largest absolute Gasteiger partial charge is 0.306 e. The number of aryl methyl sites for hydroxylation is 2. The van der Waals surface area contributed by atoms with Crippen LogP contribution in [0, 0.1) is 70.5 Å². The fraction of sp³-hybridized carbons (Fsp3) is 0.0303. The molecule has 0 aliphatic carbocycles. The molecule has 10 nitrogen and oxygen atoms in total. The van der Waals surface area contributed by atoms with Crippen LogP contribution in [0.4, 0.5) is 0 Å². The van der Waals surface area contributed by atoms with E-state index in [-0.39, 0.29) is 0 Å². The predicted molar refractivity (Wildman–Crippen MR) is 300 cm³/mol. The van der Waals surface area contributed by atoms with Crippen LogP contribution >= 0.6 is 0 Å². The van der Waals surface area contributed by atoms with Crippen LogP contribution in [0.1, 0.15) is 39.2 Å². The summed E-state index contributed by atoms with van der Waals surface area (Å²) in [7, 11) is 0. The number of nitrogens with zero attached hydrogens (tertiary/aromatic N) is 10. The molecule has 0 saturated carbocycles. The van der Waals surface area contributed by atoms with Crippen molar-refractivity contribution in [1.82, 2.24) is 23.3 Å². The molecule has 0 bridgehead atoms. The fourth-order valence-electron chi connectivity index (χ4n) is 12.0. The van der Waals surface area contributed by atoms with Crippen LogP contribution in [0.2, 0.25) is 0 Å². The molecule has 350 valence electrons. The molecule has 0 fully saturated rings. The quantitative estimate of drug-likeness (QED) is 0.167. The van der Waals surface area contributed by atoms with Gasteiger partial charge in [-0.1, -0.05) is 78.9 Å². The van der Waals surface area contributed by atoms with E-state index in [2.05, 4.69) is 103 Å². The molecule has 0 aliphatic heterocycles. The van der Waals surface area contributed by atoms with E-state index in [1.54, 1.807) is 0 Å². The summed E-state index contributed by atoms with van der Waals surface area (Å²) >= 11 is 0. The first kappa shape index (κ1) is 43.6. The molecular weight excluding hydrogens is 933 g/mol. The Morgan fingerprint density at radius 3 is 0.974 bits per heavy atom. The summed E-state index contributed by atoms with van der Waals surface area (Å²) in [5.74, 6) is 0. The van der Waals surface area contributed by atoms with Gasteiger partial charge in [-0.05, 0) is 117 Å². The summed E-state index contributed by atoms with van der Waals surface area (Å²) in [6.45, 7) is 3.95. The first-order chi connectivity index (χ1) is 37.3. The van der Waals surface area contributed by atoms with E-state index in [9.17, 15) is 26.3 Å². The van der Waals surface area contributed by atoms with Crippen LogP contribution in [0.25, 0.3) is 121 Å². The molecule has 14 rings (SSSR count). The van der Waals surface area contributed by atoms with Crippen LogP contribution < -0.4 is 0 Å². The molecule has 9 aromatic carbocycles. The maximum Gasteiger partial charge on any atom is 0.102 e. The monoisotopic (exact) mass is 968 g/mol. The van der Waals surface area contributed by atoms with Crippen molar-refractivity contribution in [3.63, 3.8) is 0 Å². The number of rotatable bonds is 5. The summed E-state index contributed by atoms with van der Waals surface area (Å²) in [6.07, 6.45) is 0. The van der Waals surface area contributed by atoms with Crippen molar-refractivity contribution in [2.24, 2.45) is 0 Å². The van der Waals surface area contributed by atoms with E-state index in [1.165, 1.54) is 0 Å². The van der Waals surface area contributed by atoms with E-state index in [1.807, 2.05) is 141 Å². The van der Waals surface area contributed by atoms with Gasteiger partial charge in [-0.3, -0.25) is 4.98 Å². The lowest BCUT2D eigenvalue weighted by Gasteiger charge is -2.29. The highest BCUT2D eigenvalue weighted by Gasteiger charge is 2.36. The Morgan fingerprint density at radius 2 is 0.632 bits per heavy atom. The number of aromatic nitrogens is 5. The zero-order valence-electron chi connectivity index (χ0n) is 40.8. The fourth-order valence-corrected chi connectivity index (χ4v) is 12.0. The number of benzene rings is 9. The van der Waals surface area contributed by atoms with E-state index < -0.39 is 0 Å². The third-order valence-electron chi connectivity index (χ3n) is 15.1. The van der Waals surface area contributed by atoms with E-state index in [4.69, 9.17) is 4.98 Å². The highest BCUT2D eigenvalue weighted by molar-refractivity contribution is 6.17. The van der Waals surface area contributed by atoms with Crippen LogP contribution in [-0.2, 0) is 0 Å². The molecule has 0 atom stereocenters. The Bertz CT molecular complexity index is 5160.